The van der Waals surface area contributed by atoms with Crippen molar-refractivity contribution in [3.63, 3.8) is 0 Å². The summed E-state index contributed by atoms with van der Waals surface area (Å²) < 4.78 is 32.7. The molecule has 4 aromatic rings. The van der Waals surface area contributed by atoms with Crippen molar-refractivity contribution < 1.29 is 13.2 Å². The largest absolute Gasteiger partial charge is 0.494 e. The Bertz CT molecular complexity index is 1790. The lowest BCUT2D eigenvalue weighted by atomic mass is 9.99. The summed E-state index contributed by atoms with van der Waals surface area (Å²) in [5, 5.41) is 6.41. The summed E-state index contributed by atoms with van der Waals surface area (Å²) in [6.45, 7) is 8.78. The lowest BCUT2D eigenvalue weighted by Crippen LogP contribution is -2.52. The number of aromatic nitrogens is 5. The molecule has 0 radical (unpaired) electrons. The lowest BCUT2D eigenvalue weighted by molar-refractivity contribution is 0.0982. The Balaban J connectivity index is 1.20. The van der Waals surface area contributed by atoms with E-state index in [0.717, 1.165) is 70.5 Å². The number of ether oxygens (including phenoxy) is 1. The van der Waals surface area contributed by atoms with Crippen LogP contribution in [0.4, 0.5) is 34.6 Å². The van der Waals surface area contributed by atoms with Crippen molar-refractivity contribution in [2.75, 3.05) is 79.9 Å². The van der Waals surface area contributed by atoms with Crippen LogP contribution in [0.3, 0.4) is 0 Å². The Morgan fingerprint density at radius 2 is 1.61 bits per heavy atom. The predicted octanol–water partition coefficient (Wildman–Crippen LogP) is 3.46. The standard InChI is InChI=1S/C31H41N11O3S/c1-5-21-18-25(27(45-3)19-26(21)42-12-8-22(9-13-42)41-16-14-40(2)15-17-41)37-31-35-20-34-30(38-31)36-24-7-6-23-28(33-11-10-32-23)29(24)39-46(4,43)44/h6-7,10-11,18-20,22,39H,5,8-9,12-17H2,1-4H3,(H2,34,35,36,37,38). The number of hydrogen-bond donors (Lipinski definition) is 3. The number of methoxy groups -OCH3 is 1. The van der Waals surface area contributed by atoms with Gasteiger partial charge in [-0.2, -0.15) is 4.98 Å². The molecule has 0 aliphatic carbocycles. The van der Waals surface area contributed by atoms with Gasteiger partial charge in [0.25, 0.3) is 0 Å². The summed E-state index contributed by atoms with van der Waals surface area (Å²) in [5.74, 6) is 1.21. The number of fused-ring (bicyclic) bond motifs is 1. The fraction of sp³-hybridized carbons (Fsp3) is 0.452. The number of nitrogens with zero attached hydrogens (tertiary/aromatic N) is 8. The second-order valence-electron chi connectivity index (χ2n) is 11.8. The number of anilines is 6. The van der Waals surface area contributed by atoms with Gasteiger partial charge >= 0.3 is 0 Å². The fourth-order valence-electron chi connectivity index (χ4n) is 6.20. The minimum atomic E-state index is -3.61. The average molecular weight is 648 g/mol. The molecule has 2 aliphatic rings. The third-order valence-corrected chi connectivity index (χ3v) is 9.21. The van der Waals surface area contributed by atoms with E-state index in [1.165, 1.54) is 23.8 Å². The van der Waals surface area contributed by atoms with Crippen molar-refractivity contribution in [3.05, 3.63) is 48.5 Å². The first kappa shape index (κ1) is 31.6. The number of hydrogen-bond acceptors (Lipinski definition) is 13. The molecule has 2 aliphatic heterocycles. The van der Waals surface area contributed by atoms with Crippen LogP contribution in [0.25, 0.3) is 11.0 Å². The molecule has 2 aromatic carbocycles. The number of likely N-dealkylation sites (N-methyl/N-ethyl adjacent to an activating group) is 1. The van der Waals surface area contributed by atoms with Gasteiger partial charge in [0, 0.05) is 69.5 Å². The smallest absolute Gasteiger partial charge is 0.232 e. The van der Waals surface area contributed by atoms with Gasteiger partial charge in [-0.25, -0.2) is 18.4 Å². The van der Waals surface area contributed by atoms with E-state index in [4.69, 9.17) is 4.74 Å². The molecule has 15 heteroatoms. The molecule has 0 amide bonds. The van der Waals surface area contributed by atoms with E-state index in [1.807, 2.05) is 0 Å². The minimum Gasteiger partial charge on any atom is -0.494 e. The van der Waals surface area contributed by atoms with Gasteiger partial charge < -0.3 is 25.2 Å². The van der Waals surface area contributed by atoms with E-state index in [0.29, 0.717) is 34.5 Å². The van der Waals surface area contributed by atoms with E-state index in [-0.39, 0.29) is 11.6 Å². The predicted molar refractivity (Wildman–Crippen MR) is 181 cm³/mol. The number of sulfonamides is 1. The van der Waals surface area contributed by atoms with Crippen molar-refractivity contribution >= 4 is 55.7 Å². The summed E-state index contributed by atoms with van der Waals surface area (Å²) in [6, 6.07) is 8.30. The summed E-state index contributed by atoms with van der Waals surface area (Å²) in [6.07, 6.45) is 8.68. The second-order valence-corrected chi connectivity index (χ2v) is 13.5. The van der Waals surface area contributed by atoms with E-state index >= 15 is 0 Å². The van der Waals surface area contributed by atoms with Gasteiger partial charge in [0.05, 0.1) is 35.9 Å². The van der Waals surface area contributed by atoms with Crippen LogP contribution >= 0.6 is 0 Å². The third-order valence-electron chi connectivity index (χ3n) is 8.63. The number of piperazine rings is 1. The molecule has 4 heterocycles. The summed E-state index contributed by atoms with van der Waals surface area (Å²) in [7, 11) is 0.251. The first-order valence-corrected chi connectivity index (χ1v) is 17.4. The molecular formula is C31H41N11O3S. The fourth-order valence-corrected chi connectivity index (χ4v) is 6.78. The Kier molecular flexibility index (Phi) is 9.33. The number of piperidine rings is 1. The molecule has 0 spiro atoms. The summed E-state index contributed by atoms with van der Waals surface area (Å²) >= 11 is 0. The van der Waals surface area contributed by atoms with E-state index in [9.17, 15) is 8.42 Å². The number of rotatable bonds is 10. The van der Waals surface area contributed by atoms with Crippen LogP contribution in [0, 0.1) is 0 Å². The van der Waals surface area contributed by atoms with Crippen molar-refractivity contribution in [1.82, 2.24) is 34.7 Å². The van der Waals surface area contributed by atoms with Gasteiger partial charge in [0.2, 0.25) is 21.9 Å². The van der Waals surface area contributed by atoms with Gasteiger partial charge in [-0.3, -0.25) is 19.6 Å². The van der Waals surface area contributed by atoms with Gasteiger partial charge in [0.15, 0.2) is 0 Å². The molecule has 244 valence electrons. The highest BCUT2D eigenvalue weighted by atomic mass is 32.2. The second kappa shape index (κ2) is 13.6. The first-order valence-electron chi connectivity index (χ1n) is 15.5. The highest BCUT2D eigenvalue weighted by molar-refractivity contribution is 7.92. The van der Waals surface area contributed by atoms with Crippen molar-refractivity contribution in [1.29, 1.82) is 0 Å². The highest BCUT2D eigenvalue weighted by Gasteiger charge is 2.28. The Hall–Kier alpha value is -4.34. The minimum absolute atomic E-state index is 0.215. The molecule has 6 rings (SSSR count). The summed E-state index contributed by atoms with van der Waals surface area (Å²) in [5.41, 5.74) is 4.76. The van der Waals surface area contributed by atoms with E-state index < -0.39 is 10.0 Å². The molecule has 0 saturated carbocycles. The van der Waals surface area contributed by atoms with E-state index in [2.05, 4.69) is 81.1 Å². The molecule has 2 fully saturated rings. The Morgan fingerprint density at radius 1 is 0.913 bits per heavy atom. The van der Waals surface area contributed by atoms with Gasteiger partial charge in [0.1, 0.15) is 17.6 Å². The Morgan fingerprint density at radius 3 is 2.28 bits per heavy atom. The van der Waals surface area contributed by atoms with Crippen LogP contribution in [0.2, 0.25) is 0 Å². The normalized spacial score (nSPS) is 16.8. The molecule has 2 aromatic heterocycles. The molecule has 0 unspecified atom stereocenters. The number of aryl methyl sites for hydroxylation is 1. The number of benzene rings is 2. The highest BCUT2D eigenvalue weighted by Crippen LogP contribution is 2.37. The molecule has 2 saturated heterocycles. The van der Waals surface area contributed by atoms with Gasteiger partial charge in [-0.1, -0.05) is 6.92 Å². The molecule has 0 atom stereocenters. The molecule has 3 N–H and O–H groups in total. The maximum absolute atomic E-state index is 12.2. The van der Waals surface area contributed by atoms with E-state index in [1.54, 1.807) is 25.4 Å². The zero-order valence-electron chi connectivity index (χ0n) is 26.7. The number of nitrogens with one attached hydrogen (secondary N) is 3. The molecule has 0 bridgehead atoms. The average Bonchev–Trinajstić information content (AvgIpc) is 3.06. The van der Waals surface area contributed by atoms with Crippen LogP contribution in [0.5, 0.6) is 5.75 Å². The maximum atomic E-state index is 12.2. The quantitative estimate of drug-likeness (QED) is 0.230. The van der Waals surface area contributed by atoms with Crippen LogP contribution in [-0.2, 0) is 16.4 Å². The van der Waals surface area contributed by atoms with Crippen LogP contribution in [-0.4, -0.2) is 109 Å². The van der Waals surface area contributed by atoms with Crippen molar-refractivity contribution in [3.8, 4) is 5.75 Å². The zero-order valence-corrected chi connectivity index (χ0v) is 27.5. The van der Waals surface area contributed by atoms with Gasteiger partial charge in [-0.05, 0) is 50.1 Å². The third kappa shape index (κ3) is 7.21. The van der Waals surface area contributed by atoms with Crippen LogP contribution in [0.15, 0.2) is 43.0 Å². The molecular weight excluding hydrogens is 606 g/mol. The maximum Gasteiger partial charge on any atom is 0.232 e. The van der Waals surface area contributed by atoms with Crippen LogP contribution < -0.4 is 25.0 Å². The summed E-state index contributed by atoms with van der Waals surface area (Å²) in [4.78, 5) is 29.3. The zero-order chi connectivity index (χ0) is 32.3. The SMILES string of the molecule is CCc1cc(Nc2ncnc(Nc3ccc4nccnc4c3NS(C)(=O)=O)n2)c(OC)cc1N1CCC(N2CCN(C)CC2)CC1. The lowest BCUT2D eigenvalue weighted by Gasteiger charge is -2.43. The monoisotopic (exact) mass is 647 g/mol. The van der Waals surface area contributed by atoms with Gasteiger partial charge in [-0.15, -0.1) is 0 Å². The Labute approximate surface area is 269 Å². The van der Waals surface area contributed by atoms with Crippen molar-refractivity contribution in [2.24, 2.45) is 0 Å². The van der Waals surface area contributed by atoms with Crippen LogP contribution in [0.1, 0.15) is 25.3 Å². The molecule has 46 heavy (non-hydrogen) atoms. The van der Waals surface area contributed by atoms with Crippen molar-refractivity contribution in [2.45, 2.75) is 32.2 Å². The molecule has 14 nitrogen and oxygen atoms in total. The topological polar surface area (TPSA) is 154 Å². The first-order chi connectivity index (χ1) is 22.2.